The highest BCUT2D eigenvalue weighted by Gasteiger charge is 2.22. The Morgan fingerprint density at radius 1 is 1.38 bits per heavy atom. The maximum Gasteiger partial charge on any atom is 0.338 e. The molecule has 7 heteroatoms. The van der Waals surface area contributed by atoms with Crippen molar-refractivity contribution in [2.75, 3.05) is 13.6 Å². The largest absolute Gasteiger partial charge is 0.449 e. The maximum absolute atomic E-state index is 12.1. The van der Waals surface area contributed by atoms with Crippen LogP contribution in [0.2, 0.25) is 0 Å². The topological polar surface area (TPSA) is 88.2 Å². The van der Waals surface area contributed by atoms with Gasteiger partial charge in [-0.25, -0.2) is 9.48 Å². The standard InChI is InChI=1S/C17H18N4O3/c1-13(16(22)20(2)11-3-9-18)24-17(23)14-5-7-15(8-6-14)21-12-4-10-19-21/h4-8,10,12-13H,3,11H2,1-2H3/t13-/m0/s1. The first kappa shape index (κ1) is 17.2. The van der Waals surface area contributed by atoms with Gasteiger partial charge in [-0.1, -0.05) is 0 Å². The second-order valence-electron chi connectivity index (χ2n) is 5.21. The van der Waals surface area contributed by atoms with E-state index in [-0.39, 0.29) is 12.3 Å². The van der Waals surface area contributed by atoms with Crippen LogP contribution < -0.4 is 0 Å². The molecule has 0 saturated heterocycles. The van der Waals surface area contributed by atoms with E-state index in [4.69, 9.17) is 10.00 Å². The number of benzene rings is 1. The highest BCUT2D eigenvalue weighted by atomic mass is 16.5. The quantitative estimate of drug-likeness (QED) is 0.755. The highest BCUT2D eigenvalue weighted by molar-refractivity contribution is 5.92. The molecule has 2 aromatic rings. The van der Waals surface area contributed by atoms with Gasteiger partial charge in [0.2, 0.25) is 0 Å². The number of carbonyl (C=O) groups excluding carboxylic acids is 2. The third kappa shape index (κ3) is 4.20. The SMILES string of the molecule is C[C@H](OC(=O)c1ccc(-n2cccn2)cc1)C(=O)N(C)CCC#N. The van der Waals surface area contributed by atoms with E-state index in [1.54, 1.807) is 54.5 Å². The first-order valence-electron chi connectivity index (χ1n) is 7.46. The summed E-state index contributed by atoms with van der Waals surface area (Å²) in [5, 5.41) is 12.6. The molecule has 124 valence electrons. The summed E-state index contributed by atoms with van der Waals surface area (Å²) in [6.45, 7) is 1.82. The lowest BCUT2D eigenvalue weighted by molar-refractivity contribution is -0.138. The summed E-state index contributed by atoms with van der Waals surface area (Å²) in [6.07, 6.45) is 2.79. The van der Waals surface area contributed by atoms with Crippen molar-refractivity contribution in [3.63, 3.8) is 0 Å². The fraction of sp³-hybridized carbons (Fsp3) is 0.294. The number of hydrogen-bond donors (Lipinski definition) is 0. The lowest BCUT2D eigenvalue weighted by atomic mass is 10.2. The number of aromatic nitrogens is 2. The molecular formula is C17H18N4O3. The summed E-state index contributed by atoms with van der Waals surface area (Å²) in [6, 6.07) is 10.5. The van der Waals surface area contributed by atoms with Crippen molar-refractivity contribution in [2.24, 2.45) is 0 Å². The summed E-state index contributed by atoms with van der Waals surface area (Å²) in [7, 11) is 1.57. The van der Waals surface area contributed by atoms with Gasteiger partial charge in [0.15, 0.2) is 6.10 Å². The van der Waals surface area contributed by atoms with Gasteiger partial charge in [-0.2, -0.15) is 10.4 Å². The van der Waals surface area contributed by atoms with E-state index in [0.29, 0.717) is 12.1 Å². The van der Waals surface area contributed by atoms with Crippen LogP contribution in [0, 0.1) is 11.3 Å². The summed E-state index contributed by atoms with van der Waals surface area (Å²) in [5.74, 6) is -0.914. The Morgan fingerprint density at radius 2 is 2.08 bits per heavy atom. The van der Waals surface area contributed by atoms with E-state index < -0.39 is 12.1 Å². The molecule has 0 aliphatic heterocycles. The van der Waals surface area contributed by atoms with Crippen molar-refractivity contribution in [3.05, 3.63) is 48.3 Å². The summed E-state index contributed by atoms with van der Waals surface area (Å²) in [4.78, 5) is 25.6. The Kier molecular flexibility index (Phi) is 5.68. The van der Waals surface area contributed by atoms with Crippen molar-refractivity contribution in [3.8, 4) is 11.8 Å². The lowest BCUT2D eigenvalue weighted by Crippen LogP contribution is -2.37. The van der Waals surface area contributed by atoms with Crippen molar-refractivity contribution >= 4 is 11.9 Å². The van der Waals surface area contributed by atoms with E-state index in [0.717, 1.165) is 5.69 Å². The molecule has 1 amide bonds. The second-order valence-corrected chi connectivity index (χ2v) is 5.21. The van der Waals surface area contributed by atoms with Crippen molar-refractivity contribution in [1.29, 1.82) is 5.26 Å². The first-order chi connectivity index (χ1) is 11.5. The van der Waals surface area contributed by atoms with E-state index in [1.165, 1.54) is 11.8 Å². The average molecular weight is 326 g/mol. The molecule has 0 aliphatic carbocycles. The number of esters is 1. The monoisotopic (exact) mass is 326 g/mol. The van der Waals surface area contributed by atoms with E-state index in [2.05, 4.69) is 5.10 Å². The first-order valence-corrected chi connectivity index (χ1v) is 7.46. The maximum atomic E-state index is 12.1. The zero-order chi connectivity index (χ0) is 17.5. The van der Waals surface area contributed by atoms with Crippen LogP contribution in [0.25, 0.3) is 5.69 Å². The number of carbonyl (C=O) groups is 2. The molecule has 24 heavy (non-hydrogen) atoms. The molecule has 7 nitrogen and oxygen atoms in total. The van der Waals surface area contributed by atoms with Gasteiger partial charge in [0.25, 0.3) is 5.91 Å². The molecular weight excluding hydrogens is 308 g/mol. The Morgan fingerprint density at radius 3 is 2.67 bits per heavy atom. The number of rotatable bonds is 6. The summed E-state index contributed by atoms with van der Waals surface area (Å²) in [5.41, 5.74) is 1.17. The van der Waals surface area contributed by atoms with Crippen molar-refractivity contribution < 1.29 is 14.3 Å². The van der Waals surface area contributed by atoms with Crippen LogP contribution in [-0.4, -0.2) is 46.3 Å². The lowest BCUT2D eigenvalue weighted by Gasteiger charge is -2.20. The van der Waals surface area contributed by atoms with Gasteiger partial charge >= 0.3 is 5.97 Å². The van der Waals surface area contributed by atoms with Gasteiger partial charge in [-0.3, -0.25) is 4.79 Å². The van der Waals surface area contributed by atoms with Crippen LogP contribution in [0.5, 0.6) is 0 Å². The predicted octanol–water partition coefficient (Wildman–Crippen LogP) is 1.79. The number of nitrogens with zero attached hydrogens (tertiary/aromatic N) is 4. The van der Waals surface area contributed by atoms with Gasteiger partial charge < -0.3 is 9.64 Å². The Hall–Kier alpha value is -3.14. The van der Waals surface area contributed by atoms with Crippen LogP contribution in [0.1, 0.15) is 23.7 Å². The van der Waals surface area contributed by atoms with Gasteiger partial charge in [-0.05, 0) is 37.3 Å². The molecule has 1 heterocycles. The van der Waals surface area contributed by atoms with Crippen LogP contribution in [-0.2, 0) is 9.53 Å². The zero-order valence-corrected chi connectivity index (χ0v) is 13.5. The Bertz CT molecular complexity index is 732. The fourth-order valence-corrected chi connectivity index (χ4v) is 2.09. The highest BCUT2D eigenvalue weighted by Crippen LogP contribution is 2.11. The van der Waals surface area contributed by atoms with Crippen LogP contribution in [0.4, 0.5) is 0 Å². The number of ether oxygens (including phenoxy) is 1. The molecule has 0 aliphatic rings. The minimum atomic E-state index is -0.910. The average Bonchev–Trinajstić information content (AvgIpc) is 3.13. The molecule has 0 bridgehead atoms. The molecule has 0 radical (unpaired) electrons. The molecule has 0 unspecified atom stereocenters. The van der Waals surface area contributed by atoms with Crippen LogP contribution in [0.15, 0.2) is 42.7 Å². The second kappa shape index (κ2) is 7.92. The van der Waals surface area contributed by atoms with Crippen molar-refractivity contribution in [1.82, 2.24) is 14.7 Å². The van der Waals surface area contributed by atoms with Crippen LogP contribution >= 0.6 is 0 Å². The smallest absolute Gasteiger partial charge is 0.338 e. The molecule has 1 aromatic carbocycles. The summed E-state index contributed by atoms with van der Waals surface area (Å²) < 4.78 is 6.87. The molecule has 2 rings (SSSR count). The van der Waals surface area contributed by atoms with Crippen LogP contribution in [0.3, 0.4) is 0 Å². The third-order valence-corrected chi connectivity index (χ3v) is 3.44. The molecule has 0 fully saturated rings. The number of hydrogen-bond acceptors (Lipinski definition) is 5. The fourth-order valence-electron chi connectivity index (χ4n) is 2.09. The number of amides is 1. The molecule has 0 spiro atoms. The molecule has 0 saturated carbocycles. The van der Waals surface area contributed by atoms with Gasteiger partial charge in [0, 0.05) is 26.0 Å². The predicted molar refractivity (Wildman–Crippen MR) is 86.3 cm³/mol. The number of nitriles is 1. The minimum absolute atomic E-state index is 0.234. The van der Waals surface area contributed by atoms with Crippen molar-refractivity contribution in [2.45, 2.75) is 19.4 Å². The van der Waals surface area contributed by atoms with Gasteiger partial charge in [0.05, 0.1) is 23.7 Å². The number of likely N-dealkylation sites (N-methyl/N-ethyl adjacent to an activating group) is 1. The van der Waals surface area contributed by atoms with Gasteiger partial charge in [-0.15, -0.1) is 0 Å². The summed E-state index contributed by atoms with van der Waals surface area (Å²) >= 11 is 0. The zero-order valence-electron chi connectivity index (χ0n) is 13.5. The van der Waals surface area contributed by atoms with E-state index in [9.17, 15) is 9.59 Å². The van der Waals surface area contributed by atoms with E-state index >= 15 is 0 Å². The molecule has 0 N–H and O–H groups in total. The normalized spacial score (nSPS) is 11.4. The third-order valence-electron chi connectivity index (χ3n) is 3.44. The molecule has 1 atom stereocenters. The minimum Gasteiger partial charge on any atom is -0.449 e. The Labute approximate surface area is 140 Å². The van der Waals surface area contributed by atoms with Gasteiger partial charge in [0.1, 0.15) is 0 Å². The Balaban J connectivity index is 1.96. The molecule has 1 aromatic heterocycles. The van der Waals surface area contributed by atoms with E-state index in [1.807, 2.05) is 6.07 Å².